The van der Waals surface area contributed by atoms with E-state index in [1.54, 1.807) is 35.8 Å². The lowest BCUT2D eigenvalue weighted by Gasteiger charge is -2.37. The van der Waals surface area contributed by atoms with Gasteiger partial charge < -0.3 is 21.3 Å². The third-order valence-corrected chi connectivity index (χ3v) is 9.02. The number of piperazine rings is 1. The molecule has 3 fully saturated rings. The summed E-state index contributed by atoms with van der Waals surface area (Å²) in [6, 6.07) is 6.24. The standard InChI is InChI=1S/C30H43FN8O3/c1-4-5-20(38-17-23-22(16-32)24(23)18-38)14-19-6-7-21(15-25(19)31)39-9-8-26(35-29(39)42)34-28(41)37-12-10-36(11-13-37)27(40)30(2,3)33/h6-9,15,20,22-24H,4-5,10-14,16-18,32-33H2,1-3H3,(H,34,35,41,42)/t20?,22?,23-,24+. The number of nitrogens with one attached hydrogen (secondary N) is 1. The number of benzene rings is 1. The monoisotopic (exact) mass is 582 g/mol. The Kier molecular flexibility index (Phi) is 8.68. The number of rotatable bonds is 9. The molecular formula is C30H43FN8O3. The fourth-order valence-corrected chi connectivity index (χ4v) is 6.56. The molecule has 2 unspecified atom stereocenters. The number of halogens is 1. The van der Waals surface area contributed by atoms with Crippen LogP contribution in [0.15, 0.2) is 35.3 Å². The van der Waals surface area contributed by atoms with Crippen LogP contribution in [0.2, 0.25) is 0 Å². The summed E-state index contributed by atoms with van der Waals surface area (Å²) in [5, 5.41) is 2.65. The number of aromatic nitrogens is 2. The van der Waals surface area contributed by atoms with Crippen LogP contribution in [0, 0.1) is 23.6 Å². The van der Waals surface area contributed by atoms with E-state index >= 15 is 4.39 Å². The van der Waals surface area contributed by atoms with Gasteiger partial charge in [-0.25, -0.2) is 14.0 Å². The highest BCUT2D eigenvalue weighted by molar-refractivity contribution is 5.89. The summed E-state index contributed by atoms with van der Waals surface area (Å²) in [7, 11) is 0. The number of likely N-dealkylation sites (tertiary alicyclic amines) is 1. The van der Waals surface area contributed by atoms with Crippen LogP contribution >= 0.6 is 0 Å². The first-order chi connectivity index (χ1) is 20.0. The predicted octanol–water partition coefficient (Wildman–Crippen LogP) is 1.63. The number of amides is 3. The molecule has 2 aromatic rings. The Morgan fingerprint density at radius 1 is 1.12 bits per heavy atom. The Morgan fingerprint density at radius 2 is 1.79 bits per heavy atom. The molecule has 2 saturated heterocycles. The van der Waals surface area contributed by atoms with Gasteiger partial charge >= 0.3 is 11.7 Å². The lowest BCUT2D eigenvalue weighted by molar-refractivity contribution is -0.137. The van der Waals surface area contributed by atoms with Gasteiger partial charge in [0.15, 0.2) is 0 Å². The van der Waals surface area contributed by atoms with Gasteiger partial charge in [0.1, 0.15) is 11.6 Å². The molecule has 12 heteroatoms. The normalized spacial score (nSPS) is 23.0. The Hall–Kier alpha value is -3.35. The minimum atomic E-state index is -0.970. The smallest absolute Gasteiger partial charge is 0.338 e. The van der Waals surface area contributed by atoms with Crippen LogP contribution in [0.25, 0.3) is 5.69 Å². The predicted molar refractivity (Wildman–Crippen MR) is 159 cm³/mol. The number of hydrogen-bond acceptors (Lipinski definition) is 7. The zero-order valence-corrected chi connectivity index (χ0v) is 24.8. The highest BCUT2D eigenvalue weighted by Crippen LogP contribution is 2.51. The summed E-state index contributed by atoms with van der Waals surface area (Å²) in [5.74, 6) is 1.63. The third-order valence-electron chi connectivity index (χ3n) is 9.02. The minimum Gasteiger partial charge on any atom is -0.338 e. The second-order valence-corrected chi connectivity index (χ2v) is 12.5. The van der Waals surface area contributed by atoms with Gasteiger partial charge in [-0.3, -0.25) is 19.6 Å². The maximum Gasteiger partial charge on any atom is 0.354 e. The summed E-state index contributed by atoms with van der Waals surface area (Å²) in [4.78, 5) is 47.6. The van der Waals surface area contributed by atoms with Crippen LogP contribution in [0.1, 0.15) is 39.2 Å². The number of anilines is 1. The van der Waals surface area contributed by atoms with E-state index in [9.17, 15) is 14.4 Å². The number of nitrogens with zero attached hydrogens (tertiary/aromatic N) is 5. The first-order valence-electron chi connectivity index (χ1n) is 15.0. The van der Waals surface area contributed by atoms with E-state index in [0.717, 1.165) is 32.5 Å². The van der Waals surface area contributed by atoms with E-state index in [0.29, 0.717) is 61.6 Å². The molecule has 228 valence electrons. The van der Waals surface area contributed by atoms with Crippen LogP contribution in [0.5, 0.6) is 0 Å². The quantitative estimate of drug-likeness (QED) is 0.408. The SMILES string of the molecule is CCCC(Cc1ccc(-n2ccc(NC(=O)N3CCN(C(=O)C(C)(C)N)CC3)nc2=O)cc1F)N1C[C@@H]2C(CN)[C@@H]2C1. The van der Waals surface area contributed by atoms with Crippen molar-refractivity contribution < 1.29 is 14.0 Å². The van der Waals surface area contributed by atoms with E-state index < -0.39 is 17.3 Å². The van der Waals surface area contributed by atoms with Gasteiger partial charge in [-0.15, -0.1) is 0 Å². The highest BCUT2D eigenvalue weighted by Gasteiger charge is 2.55. The van der Waals surface area contributed by atoms with Crippen molar-refractivity contribution in [2.75, 3.05) is 51.1 Å². The molecule has 11 nitrogen and oxygen atoms in total. The Morgan fingerprint density at radius 3 is 2.36 bits per heavy atom. The highest BCUT2D eigenvalue weighted by atomic mass is 19.1. The number of nitrogens with two attached hydrogens (primary N) is 2. The minimum absolute atomic E-state index is 0.0999. The lowest BCUT2D eigenvalue weighted by atomic mass is 9.99. The summed E-state index contributed by atoms with van der Waals surface area (Å²) in [6.07, 6.45) is 4.13. The second kappa shape index (κ2) is 12.1. The molecule has 1 aliphatic carbocycles. The molecule has 4 atom stereocenters. The van der Waals surface area contributed by atoms with Crippen LogP contribution in [0.3, 0.4) is 0 Å². The maximum atomic E-state index is 15.3. The average molecular weight is 583 g/mol. The Bertz CT molecular complexity index is 1360. The van der Waals surface area contributed by atoms with Crippen molar-refractivity contribution in [2.45, 2.75) is 51.6 Å². The first-order valence-corrected chi connectivity index (χ1v) is 15.0. The molecule has 1 aromatic heterocycles. The largest absolute Gasteiger partial charge is 0.354 e. The van der Waals surface area contributed by atoms with E-state index in [1.807, 2.05) is 0 Å². The molecule has 3 aliphatic rings. The number of carbonyl (C=O) groups excluding carboxylic acids is 2. The van der Waals surface area contributed by atoms with Gasteiger partial charge in [-0.2, -0.15) is 4.98 Å². The number of hydrogen-bond donors (Lipinski definition) is 3. The number of fused-ring (bicyclic) bond motifs is 1. The molecule has 0 radical (unpaired) electrons. The van der Waals surface area contributed by atoms with Gasteiger partial charge in [0.2, 0.25) is 5.91 Å². The fourth-order valence-electron chi connectivity index (χ4n) is 6.56. The van der Waals surface area contributed by atoms with Crippen LogP contribution in [0.4, 0.5) is 15.0 Å². The van der Waals surface area contributed by atoms with Crippen molar-refractivity contribution in [1.29, 1.82) is 0 Å². The number of urea groups is 1. The van der Waals surface area contributed by atoms with Crippen molar-refractivity contribution in [3.63, 3.8) is 0 Å². The molecule has 42 heavy (non-hydrogen) atoms. The maximum absolute atomic E-state index is 15.3. The van der Waals surface area contributed by atoms with Crippen molar-refractivity contribution in [2.24, 2.45) is 29.2 Å². The summed E-state index contributed by atoms with van der Waals surface area (Å²) in [6.45, 7) is 9.73. The molecule has 5 N–H and O–H groups in total. The lowest BCUT2D eigenvalue weighted by Crippen LogP contribution is -2.58. The molecule has 3 heterocycles. The van der Waals surface area contributed by atoms with Gasteiger partial charge in [0, 0.05) is 51.5 Å². The molecule has 0 spiro atoms. The van der Waals surface area contributed by atoms with Crippen molar-refractivity contribution in [3.8, 4) is 5.69 Å². The zero-order valence-electron chi connectivity index (χ0n) is 24.8. The average Bonchev–Trinajstić information content (AvgIpc) is 3.43. The van der Waals surface area contributed by atoms with Gasteiger partial charge in [-0.1, -0.05) is 19.4 Å². The van der Waals surface area contributed by atoms with Gasteiger partial charge in [-0.05, 0) is 74.8 Å². The van der Waals surface area contributed by atoms with Crippen LogP contribution in [-0.4, -0.2) is 93.6 Å². The van der Waals surface area contributed by atoms with E-state index in [-0.39, 0.29) is 23.6 Å². The van der Waals surface area contributed by atoms with E-state index in [2.05, 4.69) is 22.1 Å². The second-order valence-electron chi connectivity index (χ2n) is 12.5. The molecule has 2 aliphatic heterocycles. The Labute approximate surface area is 246 Å². The molecule has 1 aromatic carbocycles. The molecular weight excluding hydrogens is 539 g/mol. The van der Waals surface area contributed by atoms with Crippen LogP contribution in [-0.2, 0) is 11.2 Å². The third kappa shape index (κ3) is 6.35. The van der Waals surface area contributed by atoms with Crippen molar-refractivity contribution >= 4 is 17.8 Å². The van der Waals surface area contributed by atoms with Crippen molar-refractivity contribution in [3.05, 3.63) is 52.3 Å². The number of piperidine rings is 1. The Balaban J connectivity index is 1.19. The molecule has 5 rings (SSSR count). The van der Waals surface area contributed by atoms with Gasteiger partial charge in [0.05, 0.1) is 11.2 Å². The zero-order chi connectivity index (χ0) is 30.2. The fraction of sp³-hybridized carbons (Fsp3) is 0.600. The topological polar surface area (TPSA) is 143 Å². The number of carbonyl (C=O) groups is 2. The molecule has 1 saturated carbocycles. The van der Waals surface area contributed by atoms with Crippen molar-refractivity contribution in [1.82, 2.24) is 24.3 Å². The first kappa shape index (κ1) is 30.1. The summed E-state index contributed by atoms with van der Waals surface area (Å²) >= 11 is 0. The summed E-state index contributed by atoms with van der Waals surface area (Å²) in [5.41, 5.74) is 11.2. The molecule has 0 bridgehead atoms. The van der Waals surface area contributed by atoms with Crippen LogP contribution < -0.4 is 22.5 Å². The molecule has 3 amide bonds. The summed E-state index contributed by atoms with van der Waals surface area (Å²) < 4.78 is 16.5. The van der Waals surface area contributed by atoms with Gasteiger partial charge in [0.25, 0.3) is 0 Å². The van der Waals surface area contributed by atoms with E-state index in [4.69, 9.17) is 11.5 Å². The van der Waals surface area contributed by atoms with E-state index in [1.165, 1.54) is 22.9 Å².